The molecule has 0 spiro atoms. The predicted octanol–water partition coefficient (Wildman–Crippen LogP) is 2.10. The van der Waals surface area contributed by atoms with E-state index in [4.69, 9.17) is 10.5 Å². The zero-order chi connectivity index (χ0) is 13.8. The van der Waals surface area contributed by atoms with E-state index in [1.165, 1.54) is 0 Å². The molecule has 0 fully saturated rings. The van der Waals surface area contributed by atoms with E-state index in [9.17, 15) is 5.11 Å². The van der Waals surface area contributed by atoms with Gasteiger partial charge in [-0.25, -0.2) is 4.98 Å². The third-order valence-electron chi connectivity index (χ3n) is 3.16. The normalized spacial score (nSPS) is 13.0. The molecule has 0 aliphatic carbocycles. The van der Waals surface area contributed by atoms with Gasteiger partial charge in [0.15, 0.2) is 0 Å². The molecule has 5 nitrogen and oxygen atoms in total. The van der Waals surface area contributed by atoms with Crippen molar-refractivity contribution in [2.75, 3.05) is 19.5 Å². The van der Waals surface area contributed by atoms with Crippen LogP contribution >= 0.6 is 0 Å². The van der Waals surface area contributed by atoms with Gasteiger partial charge in [0.05, 0.1) is 11.0 Å². The molecule has 2 rings (SSSR count). The molecule has 0 aliphatic heterocycles. The van der Waals surface area contributed by atoms with Gasteiger partial charge in [0.25, 0.3) is 0 Å². The van der Waals surface area contributed by atoms with Crippen molar-refractivity contribution >= 4 is 16.7 Å². The van der Waals surface area contributed by atoms with E-state index >= 15 is 0 Å². The average Bonchev–Trinajstić information content (AvgIpc) is 2.72. The lowest BCUT2D eigenvalue weighted by Gasteiger charge is -2.10. The van der Waals surface area contributed by atoms with Crippen LogP contribution in [-0.2, 0) is 11.3 Å². The molecule has 1 heterocycles. The third kappa shape index (κ3) is 3.05. The molecular formula is C14H21N3O2. The fourth-order valence-electron chi connectivity index (χ4n) is 2.24. The number of aliphatic hydroxyl groups is 1. The second kappa shape index (κ2) is 6.04. The Morgan fingerprint density at radius 2 is 2.21 bits per heavy atom. The number of anilines is 1. The van der Waals surface area contributed by atoms with E-state index in [1.807, 2.05) is 18.2 Å². The second-order valence-corrected chi connectivity index (χ2v) is 4.75. The first kappa shape index (κ1) is 13.8. The minimum atomic E-state index is -0.587. The molecule has 0 bridgehead atoms. The summed E-state index contributed by atoms with van der Waals surface area (Å²) in [5.41, 5.74) is 8.31. The summed E-state index contributed by atoms with van der Waals surface area (Å²) >= 11 is 0. The number of rotatable bonds is 6. The quantitative estimate of drug-likeness (QED) is 0.618. The average molecular weight is 263 g/mol. The number of benzene rings is 1. The van der Waals surface area contributed by atoms with E-state index in [2.05, 4.69) is 9.55 Å². The van der Waals surface area contributed by atoms with Gasteiger partial charge >= 0.3 is 0 Å². The molecule has 0 radical (unpaired) electrons. The van der Waals surface area contributed by atoms with E-state index in [0.717, 1.165) is 37.0 Å². The van der Waals surface area contributed by atoms with Crippen molar-refractivity contribution in [3.63, 3.8) is 0 Å². The number of fused-ring (bicyclic) bond motifs is 1. The highest BCUT2D eigenvalue weighted by Gasteiger charge is 2.14. The standard InChI is InChI=1S/C14H21N3O2/c1-10(18)14-16-12-9-11(15)5-6-13(12)17(14)7-3-4-8-19-2/h5-6,9-10,18H,3-4,7-8,15H2,1-2H3. The van der Waals surface area contributed by atoms with Crippen LogP contribution < -0.4 is 5.73 Å². The Bertz CT molecular complexity index is 549. The molecule has 1 atom stereocenters. The lowest BCUT2D eigenvalue weighted by molar-refractivity contribution is 0.180. The molecule has 1 aromatic carbocycles. The predicted molar refractivity (Wildman–Crippen MR) is 75.9 cm³/mol. The van der Waals surface area contributed by atoms with Crippen molar-refractivity contribution < 1.29 is 9.84 Å². The molecule has 19 heavy (non-hydrogen) atoms. The highest BCUT2D eigenvalue weighted by Crippen LogP contribution is 2.23. The summed E-state index contributed by atoms with van der Waals surface area (Å²) < 4.78 is 7.12. The maximum absolute atomic E-state index is 9.84. The van der Waals surface area contributed by atoms with Crippen LogP contribution in [0.3, 0.4) is 0 Å². The van der Waals surface area contributed by atoms with Crippen LogP contribution in [0.15, 0.2) is 18.2 Å². The summed E-state index contributed by atoms with van der Waals surface area (Å²) in [5, 5.41) is 9.84. The van der Waals surface area contributed by atoms with E-state index in [0.29, 0.717) is 11.5 Å². The number of imidazole rings is 1. The van der Waals surface area contributed by atoms with Gasteiger partial charge in [0.1, 0.15) is 11.9 Å². The van der Waals surface area contributed by atoms with E-state index < -0.39 is 6.10 Å². The Morgan fingerprint density at radius 1 is 1.42 bits per heavy atom. The van der Waals surface area contributed by atoms with E-state index in [-0.39, 0.29) is 0 Å². The summed E-state index contributed by atoms with van der Waals surface area (Å²) in [5.74, 6) is 0.693. The maximum Gasteiger partial charge on any atom is 0.138 e. The smallest absolute Gasteiger partial charge is 0.138 e. The largest absolute Gasteiger partial charge is 0.399 e. The molecule has 0 saturated carbocycles. The molecule has 3 N–H and O–H groups in total. The van der Waals surface area contributed by atoms with Crippen LogP contribution in [0.2, 0.25) is 0 Å². The zero-order valence-electron chi connectivity index (χ0n) is 11.5. The summed E-state index contributed by atoms with van der Waals surface area (Å²) in [6.07, 6.45) is 1.39. The number of hydrogen-bond acceptors (Lipinski definition) is 4. The number of hydrogen-bond donors (Lipinski definition) is 2. The first-order valence-electron chi connectivity index (χ1n) is 6.56. The van der Waals surface area contributed by atoms with Crippen molar-refractivity contribution in [2.45, 2.75) is 32.4 Å². The first-order valence-corrected chi connectivity index (χ1v) is 6.56. The van der Waals surface area contributed by atoms with Gasteiger partial charge in [-0.05, 0) is 38.0 Å². The number of nitrogens with two attached hydrogens (primary N) is 1. The van der Waals surface area contributed by atoms with Crippen molar-refractivity contribution in [1.29, 1.82) is 0 Å². The lowest BCUT2D eigenvalue weighted by Crippen LogP contribution is -2.07. The molecule has 0 aliphatic rings. The van der Waals surface area contributed by atoms with Crippen LogP contribution in [-0.4, -0.2) is 28.4 Å². The monoisotopic (exact) mass is 263 g/mol. The van der Waals surface area contributed by atoms with Crippen LogP contribution in [0.1, 0.15) is 31.7 Å². The number of aliphatic hydroxyl groups excluding tert-OH is 1. The number of aryl methyl sites for hydroxylation is 1. The number of methoxy groups -OCH3 is 1. The topological polar surface area (TPSA) is 73.3 Å². The van der Waals surface area contributed by atoms with E-state index in [1.54, 1.807) is 14.0 Å². The Kier molecular flexibility index (Phi) is 4.39. The van der Waals surface area contributed by atoms with Gasteiger partial charge in [0, 0.05) is 25.9 Å². The zero-order valence-corrected chi connectivity index (χ0v) is 11.5. The molecule has 104 valence electrons. The third-order valence-corrected chi connectivity index (χ3v) is 3.16. The fourth-order valence-corrected chi connectivity index (χ4v) is 2.24. The number of nitrogen functional groups attached to an aromatic ring is 1. The Labute approximate surface area is 113 Å². The van der Waals surface area contributed by atoms with Gasteiger partial charge in [-0.15, -0.1) is 0 Å². The minimum Gasteiger partial charge on any atom is -0.399 e. The number of nitrogens with zero attached hydrogens (tertiary/aromatic N) is 2. The fraction of sp³-hybridized carbons (Fsp3) is 0.500. The molecule has 2 aromatic rings. The Morgan fingerprint density at radius 3 is 2.89 bits per heavy atom. The number of aromatic nitrogens is 2. The van der Waals surface area contributed by atoms with Crippen LogP contribution in [0.25, 0.3) is 11.0 Å². The van der Waals surface area contributed by atoms with Crippen molar-refractivity contribution in [3.8, 4) is 0 Å². The van der Waals surface area contributed by atoms with Crippen LogP contribution in [0, 0.1) is 0 Å². The summed E-state index contributed by atoms with van der Waals surface area (Å²) in [6.45, 7) is 3.31. The lowest BCUT2D eigenvalue weighted by atomic mass is 10.2. The molecule has 0 saturated heterocycles. The molecular weight excluding hydrogens is 242 g/mol. The van der Waals surface area contributed by atoms with Crippen LogP contribution in [0.4, 0.5) is 5.69 Å². The molecule has 1 aromatic heterocycles. The van der Waals surface area contributed by atoms with Gasteiger partial charge in [-0.3, -0.25) is 0 Å². The summed E-state index contributed by atoms with van der Waals surface area (Å²) in [4.78, 5) is 4.47. The summed E-state index contributed by atoms with van der Waals surface area (Å²) in [7, 11) is 1.70. The molecule has 5 heteroatoms. The van der Waals surface area contributed by atoms with Crippen molar-refractivity contribution in [2.24, 2.45) is 0 Å². The van der Waals surface area contributed by atoms with Crippen molar-refractivity contribution in [1.82, 2.24) is 9.55 Å². The Hall–Kier alpha value is -1.59. The van der Waals surface area contributed by atoms with Gasteiger partial charge in [-0.2, -0.15) is 0 Å². The second-order valence-electron chi connectivity index (χ2n) is 4.75. The highest BCUT2D eigenvalue weighted by molar-refractivity contribution is 5.79. The highest BCUT2D eigenvalue weighted by atomic mass is 16.5. The van der Waals surface area contributed by atoms with Gasteiger partial charge < -0.3 is 20.1 Å². The van der Waals surface area contributed by atoms with Gasteiger partial charge in [0.2, 0.25) is 0 Å². The van der Waals surface area contributed by atoms with Crippen molar-refractivity contribution in [3.05, 3.63) is 24.0 Å². The number of ether oxygens (including phenoxy) is 1. The first-order chi connectivity index (χ1) is 9.13. The number of unbranched alkanes of at least 4 members (excludes halogenated alkanes) is 1. The summed E-state index contributed by atoms with van der Waals surface area (Å²) in [6, 6.07) is 5.66. The SMILES string of the molecule is COCCCCn1c(C(C)O)nc2cc(N)ccc21. The van der Waals surface area contributed by atoms with Gasteiger partial charge in [-0.1, -0.05) is 0 Å². The minimum absolute atomic E-state index is 0.587. The Balaban J connectivity index is 2.30. The molecule has 1 unspecified atom stereocenters. The maximum atomic E-state index is 9.84. The molecule has 0 amide bonds. The van der Waals surface area contributed by atoms with Crippen LogP contribution in [0.5, 0.6) is 0 Å².